The van der Waals surface area contributed by atoms with Crippen LogP contribution in [0.15, 0.2) is 35.4 Å². The molecule has 1 aliphatic heterocycles. The molecule has 1 heterocycles. The van der Waals surface area contributed by atoms with Crippen LogP contribution in [0.4, 0.5) is 5.69 Å². The maximum absolute atomic E-state index is 11.9. The van der Waals surface area contributed by atoms with Gasteiger partial charge in [0.1, 0.15) is 5.71 Å². The maximum atomic E-state index is 11.9. The molecule has 112 valence electrons. The Bertz CT molecular complexity index is 544. The molecule has 1 atom stereocenters. The number of nitrogens with one attached hydrogen (secondary N) is 1. The fourth-order valence-corrected chi connectivity index (χ4v) is 2.03. The number of hydrazone groups is 1. The van der Waals surface area contributed by atoms with Crippen LogP contribution in [0.1, 0.15) is 6.42 Å². The third-order valence-corrected chi connectivity index (χ3v) is 3.07. The van der Waals surface area contributed by atoms with Gasteiger partial charge in [0.05, 0.1) is 12.3 Å². The van der Waals surface area contributed by atoms with Crippen LogP contribution in [0.25, 0.3) is 0 Å². The lowest BCUT2D eigenvalue weighted by Gasteiger charge is -2.19. The maximum Gasteiger partial charge on any atom is 0.328 e. The van der Waals surface area contributed by atoms with E-state index in [1.807, 2.05) is 6.07 Å². The van der Waals surface area contributed by atoms with Crippen LogP contribution >= 0.6 is 0 Å². The van der Waals surface area contributed by atoms with E-state index in [0.717, 1.165) is 0 Å². The van der Waals surface area contributed by atoms with Gasteiger partial charge in [0.15, 0.2) is 6.04 Å². The van der Waals surface area contributed by atoms with Gasteiger partial charge in [-0.2, -0.15) is 5.10 Å². The van der Waals surface area contributed by atoms with Crippen molar-refractivity contribution in [3.8, 4) is 0 Å². The minimum absolute atomic E-state index is 0.0725. The Balaban J connectivity index is 2.14. The van der Waals surface area contributed by atoms with Gasteiger partial charge in [-0.1, -0.05) is 18.2 Å². The number of hydrogen-bond donors (Lipinski definition) is 2. The molecule has 0 aliphatic carbocycles. The number of amides is 1. The van der Waals surface area contributed by atoms with Crippen molar-refractivity contribution < 1.29 is 19.4 Å². The molecule has 0 bridgehead atoms. The standard InChI is InChI=1S/C14H17N3O4/c1-21-8-7-15-13(18)11-9-12(14(19)20)17(16-11)10-5-3-2-4-6-10/h2-6,12H,7-9H2,1H3,(H,15,18)(H,19,20). The van der Waals surface area contributed by atoms with Crippen LogP contribution in [-0.4, -0.2) is 49.0 Å². The number of carbonyl (C=O) groups excluding carboxylic acids is 1. The lowest BCUT2D eigenvalue weighted by molar-refractivity contribution is -0.138. The third-order valence-electron chi connectivity index (χ3n) is 3.07. The first kappa shape index (κ1) is 15.0. The summed E-state index contributed by atoms with van der Waals surface area (Å²) in [5, 5.41) is 17.5. The molecule has 0 saturated carbocycles. The minimum Gasteiger partial charge on any atom is -0.480 e. The topological polar surface area (TPSA) is 91.2 Å². The van der Waals surface area contributed by atoms with Gasteiger partial charge in [0, 0.05) is 20.1 Å². The van der Waals surface area contributed by atoms with Crippen molar-refractivity contribution in [2.45, 2.75) is 12.5 Å². The van der Waals surface area contributed by atoms with Gasteiger partial charge >= 0.3 is 5.97 Å². The molecule has 0 spiro atoms. The van der Waals surface area contributed by atoms with Gasteiger partial charge < -0.3 is 15.2 Å². The number of nitrogens with zero attached hydrogens (tertiary/aromatic N) is 2. The van der Waals surface area contributed by atoms with Crippen LogP contribution in [-0.2, 0) is 14.3 Å². The van der Waals surface area contributed by atoms with Crippen LogP contribution in [0.5, 0.6) is 0 Å². The summed E-state index contributed by atoms with van der Waals surface area (Å²) in [7, 11) is 1.54. The SMILES string of the molecule is COCCNC(=O)C1=NN(c2ccccc2)C(C(=O)O)C1. The highest BCUT2D eigenvalue weighted by Crippen LogP contribution is 2.24. The average Bonchev–Trinajstić information content (AvgIpc) is 2.94. The number of rotatable bonds is 6. The molecule has 7 heteroatoms. The molecular weight excluding hydrogens is 274 g/mol. The first-order valence-electron chi connectivity index (χ1n) is 6.55. The number of anilines is 1. The number of carboxylic acids is 1. The molecule has 1 aromatic carbocycles. The summed E-state index contributed by atoms with van der Waals surface area (Å²) >= 11 is 0. The van der Waals surface area contributed by atoms with E-state index in [9.17, 15) is 14.7 Å². The smallest absolute Gasteiger partial charge is 0.328 e. The number of aliphatic carboxylic acids is 1. The quantitative estimate of drug-likeness (QED) is 0.743. The monoisotopic (exact) mass is 291 g/mol. The van der Waals surface area contributed by atoms with Crippen molar-refractivity contribution >= 4 is 23.3 Å². The second-order valence-corrected chi connectivity index (χ2v) is 4.53. The highest BCUT2D eigenvalue weighted by atomic mass is 16.5. The molecule has 1 aliphatic rings. The van der Waals surface area contributed by atoms with Crippen molar-refractivity contribution in [1.29, 1.82) is 0 Å². The predicted octanol–water partition coefficient (Wildman–Crippen LogP) is 0.468. The first-order chi connectivity index (χ1) is 10.1. The summed E-state index contributed by atoms with van der Waals surface area (Å²) in [5.74, 6) is -1.38. The summed E-state index contributed by atoms with van der Waals surface area (Å²) in [6.07, 6.45) is 0.0725. The highest BCUT2D eigenvalue weighted by Gasteiger charge is 2.35. The number of methoxy groups -OCH3 is 1. The Hall–Kier alpha value is -2.41. The van der Waals surface area contributed by atoms with E-state index >= 15 is 0 Å². The van der Waals surface area contributed by atoms with E-state index < -0.39 is 12.0 Å². The number of carbonyl (C=O) groups is 2. The molecule has 0 saturated heterocycles. The molecule has 21 heavy (non-hydrogen) atoms. The zero-order valence-corrected chi connectivity index (χ0v) is 11.7. The number of carboxylic acid groups (broad SMARTS) is 1. The van der Waals surface area contributed by atoms with Crippen LogP contribution in [0.3, 0.4) is 0 Å². The summed E-state index contributed by atoms with van der Waals surface area (Å²) < 4.78 is 4.85. The van der Waals surface area contributed by atoms with Gasteiger partial charge in [-0.3, -0.25) is 9.80 Å². The van der Waals surface area contributed by atoms with Crippen LogP contribution in [0.2, 0.25) is 0 Å². The first-order valence-corrected chi connectivity index (χ1v) is 6.55. The summed E-state index contributed by atoms with van der Waals surface area (Å²) in [6, 6.07) is 8.06. The number of hydrogen-bond acceptors (Lipinski definition) is 5. The molecule has 2 rings (SSSR count). The minimum atomic E-state index is -1.01. The zero-order valence-electron chi connectivity index (χ0n) is 11.7. The summed E-state index contributed by atoms with van der Waals surface area (Å²) in [4.78, 5) is 23.3. The Labute approximate surface area is 122 Å². The molecular formula is C14H17N3O4. The predicted molar refractivity (Wildman–Crippen MR) is 77.3 cm³/mol. The van der Waals surface area contributed by atoms with Crippen LogP contribution in [0, 0.1) is 0 Å². The molecule has 1 aromatic rings. The van der Waals surface area contributed by atoms with Crippen molar-refractivity contribution in [1.82, 2.24) is 5.32 Å². The second-order valence-electron chi connectivity index (χ2n) is 4.53. The van der Waals surface area contributed by atoms with Crippen molar-refractivity contribution in [2.24, 2.45) is 5.10 Å². The van der Waals surface area contributed by atoms with Crippen molar-refractivity contribution in [3.05, 3.63) is 30.3 Å². The van der Waals surface area contributed by atoms with E-state index in [-0.39, 0.29) is 18.0 Å². The van der Waals surface area contributed by atoms with Crippen LogP contribution < -0.4 is 10.3 Å². The summed E-state index contributed by atoms with van der Waals surface area (Å²) in [6.45, 7) is 0.751. The molecule has 2 N–H and O–H groups in total. The average molecular weight is 291 g/mol. The Kier molecular flexibility index (Phi) is 4.89. The largest absolute Gasteiger partial charge is 0.480 e. The summed E-state index contributed by atoms with van der Waals surface area (Å²) in [5.41, 5.74) is 0.854. The van der Waals surface area contributed by atoms with E-state index in [4.69, 9.17) is 4.74 Å². The van der Waals surface area contributed by atoms with Gasteiger partial charge in [0.2, 0.25) is 0 Å². The molecule has 1 unspecified atom stereocenters. The molecule has 0 aromatic heterocycles. The molecule has 0 fully saturated rings. The van der Waals surface area contributed by atoms with Gasteiger partial charge in [-0.25, -0.2) is 4.79 Å². The molecule has 7 nitrogen and oxygen atoms in total. The van der Waals surface area contributed by atoms with E-state index in [0.29, 0.717) is 18.8 Å². The van der Waals surface area contributed by atoms with E-state index in [2.05, 4.69) is 10.4 Å². The number of para-hydroxylation sites is 1. The Morgan fingerprint density at radius 3 is 2.76 bits per heavy atom. The highest BCUT2D eigenvalue weighted by molar-refractivity contribution is 6.40. The lowest BCUT2D eigenvalue weighted by atomic mass is 10.1. The van der Waals surface area contributed by atoms with Crippen molar-refractivity contribution in [2.75, 3.05) is 25.3 Å². The Morgan fingerprint density at radius 2 is 2.14 bits per heavy atom. The van der Waals surface area contributed by atoms with Gasteiger partial charge in [-0.15, -0.1) is 0 Å². The van der Waals surface area contributed by atoms with Crippen molar-refractivity contribution in [3.63, 3.8) is 0 Å². The second kappa shape index (κ2) is 6.85. The number of benzene rings is 1. The fourth-order valence-electron chi connectivity index (χ4n) is 2.03. The lowest BCUT2D eigenvalue weighted by Crippen LogP contribution is -2.36. The molecule has 1 amide bonds. The number of ether oxygens (including phenoxy) is 1. The normalized spacial score (nSPS) is 17.5. The van der Waals surface area contributed by atoms with Gasteiger partial charge in [-0.05, 0) is 12.1 Å². The Morgan fingerprint density at radius 1 is 1.43 bits per heavy atom. The van der Waals surface area contributed by atoms with E-state index in [1.54, 1.807) is 24.3 Å². The molecule has 0 radical (unpaired) electrons. The third kappa shape index (κ3) is 3.57. The zero-order chi connectivity index (χ0) is 15.2. The van der Waals surface area contributed by atoms with Gasteiger partial charge in [0.25, 0.3) is 5.91 Å². The fraction of sp³-hybridized carbons (Fsp3) is 0.357. The van der Waals surface area contributed by atoms with E-state index in [1.165, 1.54) is 12.1 Å².